The van der Waals surface area contributed by atoms with Crippen LogP contribution < -0.4 is 5.73 Å². The summed E-state index contributed by atoms with van der Waals surface area (Å²) in [7, 11) is 1.77. The van der Waals surface area contributed by atoms with Crippen LogP contribution in [0.15, 0.2) is 6.07 Å². The van der Waals surface area contributed by atoms with Gasteiger partial charge in [0.2, 0.25) is 0 Å². The minimum atomic E-state index is -0.356. The van der Waals surface area contributed by atoms with Gasteiger partial charge in [-0.3, -0.25) is 0 Å². The second kappa shape index (κ2) is 5.54. The smallest absolute Gasteiger partial charge is 0.164 e. The molecular formula is C16H23N3OS. The van der Waals surface area contributed by atoms with Crippen LogP contribution in [0.1, 0.15) is 50.2 Å². The largest absolute Gasteiger partial charge is 0.383 e. The van der Waals surface area contributed by atoms with Crippen molar-refractivity contribution in [2.45, 2.75) is 51.6 Å². The lowest BCUT2D eigenvalue weighted by molar-refractivity contribution is -0.0593. The number of nitrogens with zero attached hydrogens (tertiary/aromatic N) is 2. The molecule has 0 saturated heterocycles. The molecule has 21 heavy (non-hydrogen) atoms. The Labute approximate surface area is 129 Å². The molecule has 3 rings (SSSR count). The normalized spacial score (nSPS) is 26.3. The molecule has 2 heterocycles. The fraction of sp³-hybridized carbons (Fsp3) is 0.625. The second-order valence-electron chi connectivity index (χ2n) is 6.10. The first kappa shape index (κ1) is 14.7. The molecule has 0 atom stereocenters. The van der Waals surface area contributed by atoms with Gasteiger partial charge in [0.25, 0.3) is 0 Å². The Morgan fingerprint density at radius 2 is 2.10 bits per heavy atom. The van der Waals surface area contributed by atoms with E-state index >= 15 is 0 Å². The van der Waals surface area contributed by atoms with E-state index in [2.05, 4.69) is 24.9 Å². The number of nitrogens with two attached hydrogens (primary N) is 1. The summed E-state index contributed by atoms with van der Waals surface area (Å²) in [5, 5.41) is 0.982. The van der Waals surface area contributed by atoms with Gasteiger partial charge in [0.05, 0.1) is 5.39 Å². The molecule has 2 aromatic rings. The molecule has 1 saturated carbocycles. The zero-order chi connectivity index (χ0) is 15.0. The molecule has 0 aromatic carbocycles. The van der Waals surface area contributed by atoms with E-state index in [1.54, 1.807) is 18.4 Å². The third kappa shape index (κ3) is 2.53. The molecular weight excluding hydrogens is 282 g/mol. The highest BCUT2D eigenvalue weighted by Gasteiger charge is 2.39. The van der Waals surface area contributed by atoms with Gasteiger partial charge in [0.1, 0.15) is 16.2 Å². The number of aryl methyl sites for hydroxylation is 1. The Balaban J connectivity index is 2.06. The number of anilines is 1. The molecule has 0 bridgehead atoms. The molecule has 0 unspecified atom stereocenters. The maximum atomic E-state index is 6.17. The number of aromatic nitrogens is 2. The van der Waals surface area contributed by atoms with Crippen molar-refractivity contribution in [3.8, 4) is 0 Å². The maximum Gasteiger partial charge on any atom is 0.164 e. The van der Waals surface area contributed by atoms with E-state index in [0.717, 1.165) is 54.1 Å². The van der Waals surface area contributed by atoms with E-state index < -0.39 is 0 Å². The van der Waals surface area contributed by atoms with Gasteiger partial charge < -0.3 is 10.5 Å². The lowest BCUT2D eigenvalue weighted by atomic mass is 9.79. The third-order valence-electron chi connectivity index (χ3n) is 4.70. The van der Waals surface area contributed by atoms with E-state index in [0.29, 0.717) is 5.82 Å². The monoisotopic (exact) mass is 305 g/mol. The number of ether oxygens (including phenoxy) is 1. The Morgan fingerprint density at radius 3 is 2.71 bits per heavy atom. The number of hydrogen-bond donors (Lipinski definition) is 1. The fourth-order valence-electron chi connectivity index (χ4n) is 3.12. The lowest BCUT2D eigenvalue weighted by Crippen LogP contribution is -2.35. The van der Waals surface area contributed by atoms with Crippen molar-refractivity contribution in [1.82, 2.24) is 9.97 Å². The minimum absolute atomic E-state index is 0.356. The van der Waals surface area contributed by atoms with Crippen LogP contribution in [-0.2, 0) is 16.8 Å². The summed E-state index contributed by atoms with van der Waals surface area (Å²) in [6, 6.07) is 2.11. The van der Waals surface area contributed by atoms with E-state index in [-0.39, 0.29) is 5.60 Å². The first-order valence-electron chi connectivity index (χ1n) is 7.69. The molecule has 1 fully saturated rings. The van der Waals surface area contributed by atoms with E-state index in [4.69, 9.17) is 15.5 Å². The van der Waals surface area contributed by atoms with Crippen molar-refractivity contribution in [3.05, 3.63) is 16.8 Å². The van der Waals surface area contributed by atoms with Gasteiger partial charge in [-0.05, 0) is 44.1 Å². The minimum Gasteiger partial charge on any atom is -0.383 e. The predicted octanol–water partition coefficient (Wildman–Crippen LogP) is 3.89. The maximum absolute atomic E-state index is 6.17. The number of methoxy groups -OCH3 is 1. The lowest BCUT2D eigenvalue weighted by Gasteiger charge is -2.36. The number of rotatable bonds is 3. The molecule has 0 spiro atoms. The van der Waals surface area contributed by atoms with Gasteiger partial charge in [0, 0.05) is 12.0 Å². The van der Waals surface area contributed by atoms with Crippen molar-refractivity contribution in [2.24, 2.45) is 5.92 Å². The highest BCUT2D eigenvalue weighted by atomic mass is 32.1. The highest BCUT2D eigenvalue weighted by molar-refractivity contribution is 7.18. The zero-order valence-electron chi connectivity index (χ0n) is 13.0. The summed E-state index contributed by atoms with van der Waals surface area (Å²) in [5.74, 6) is 2.11. The SMILES string of the molecule is CCc1cc2c(N)nc(C3(OC)CCC(C)CC3)nc2s1. The Kier molecular flexibility index (Phi) is 3.88. The molecule has 0 aliphatic heterocycles. The molecule has 1 aliphatic carbocycles. The molecule has 114 valence electrons. The summed E-state index contributed by atoms with van der Waals surface area (Å²) in [6.07, 6.45) is 5.26. The van der Waals surface area contributed by atoms with Crippen molar-refractivity contribution in [3.63, 3.8) is 0 Å². The first-order chi connectivity index (χ1) is 10.1. The van der Waals surface area contributed by atoms with Crippen LogP contribution >= 0.6 is 11.3 Å². The molecule has 2 aromatic heterocycles. The number of hydrogen-bond acceptors (Lipinski definition) is 5. The van der Waals surface area contributed by atoms with Crippen molar-refractivity contribution >= 4 is 27.4 Å². The highest BCUT2D eigenvalue weighted by Crippen LogP contribution is 2.42. The van der Waals surface area contributed by atoms with Gasteiger partial charge >= 0.3 is 0 Å². The standard InChI is InChI=1S/C16H23N3OS/c1-4-11-9-12-13(17)18-15(19-14(12)21-11)16(20-3)7-5-10(2)6-8-16/h9-10H,4-8H2,1-3H3,(H2,17,18,19). The van der Waals surface area contributed by atoms with E-state index in [1.165, 1.54) is 4.88 Å². The average Bonchev–Trinajstić information content (AvgIpc) is 2.92. The Hall–Kier alpha value is -1.20. The van der Waals surface area contributed by atoms with E-state index in [9.17, 15) is 0 Å². The average molecular weight is 305 g/mol. The molecule has 5 heteroatoms. The van der Waals surface area contributed by atoms with Crippen molar-refractivity contribution in [1.29, 1.82) is 0 Å². The molecule has 0 amide bonds. The van der Waals surface area contributed by atoms with Crippen molar-refractivity contribution in [2.75, 3.05) is 12.8 Å². The summed E-state index contributed by atoms with van der Waals surface area (Å²) >= 11 is 1.71. The summed E-state index contributed by atoms with van der Waals surface area (Å²) in [4.78, 5) is 11.7. The van der Waals surface area contributed by atoms with Crippen LogP contribution in [0.5, 0.6) is 0 Å². The van der Waals surface area contributed by atoms with Crippen LogP contribution in [0.25, 0.3) is 10.2 Å². The summed E-state index contributed by atoms with van der Waals surface area (Å²) in [6.45, 7) is 4.44. The van der Waals surface area contributed by atoms with Crippen LogP contribution in [0, 0.1) is 5.92 Å². The van der Waals surface area contributed by atoms with Gasteiger partial charge in [-0.1, -0.05) is 13.8 Å². The van der Waals surface area contributed by atoms with Crippen LogP contribution in [-0.4, -0.2) is 17.1 Å². The number of nitrogen functional groups attached to an aromatic ring is 1. The molecule has 1 aliphatic rings. The Bertz CT molecular complexity index is 644. The topological polar surface area (TPSA) is 61.0 Å². The number of fused-ring (bicyclic) bond motifs is 1. The molecule has 0 radical (unpaired) electrons. The van der Waals surface area contributed by atoms with Gasteiger partial charge in [-0.15, -0.1) is 11.3 Å². The van der Waals surface area contributed by atoms with Crippen molar-refractivity contribution < 1.29 is 4.74 Å². The summed E-state index contributed by atoms with van der Waals surface area (Å²) in [5.41, 5.74) is 5.82. The molecule has 2 N–H and O–H groups in total. The van der Waals surface area contributed by atoms with Crippen LogP contribution in [0.4, 0.5) is 5.82 Å². The quantitative estimate of drug-likeness (QED) is 0.934. The van der Waals surface area contributed by atoms with Crippen LogP contribution in [0.3, 0.4) is 0 Å². The zero-order valence-corrected chi connectivity index (χ0v) is 13.8. The second-order valence-corrected chi connectivity index (χ2v) is 7.21. The van der Waals surface area contributed by atoms with E-state index in [1.807, 2.05) is 0 Å². The third-order valence-corrected chi connectivity index (χ3v) is 5.88. The predicted molar refractivity (Wildman–Crippen MR) is 87.5 cm³/mol. The van der Waals surface area contributed by atoms with Crippen LogP contribution in [0.2, 0.25) is 0 Å². The summed E-state index contributed by atoms with van der Waals surface area (Å²) < 4.78 is 5.87. The fourth-order valence-corrected chi connectivity index (χ4v) is 4.09. The van der Waals surface area contributed by atoms with Gasteiger partial charge in [-0.2, -0.15) is 0 Å². The van der Waals surface area contributed by atoms with Gasteiger partial charge in [-0.25, -0.2) is 9.97 Å². The molecule has 4 nitrogen and oxygen atoms in total. The van der Waals surface area contributed by atoms with Gasteiger partial charge in [0.15, 0.2) is 5.82 Å². The number of thiophene rings is 1. The Morgan fingerprint density at radius 1 is 1.38 bits per heavy atom. The first-order valence-corrected chi connectivity index (χ1v) is 8.51.